The summed E-state index contributed by atoms with van der Waals surface area (Å²) in [6, 6.07) is 9.38. The first-order valence-corrected chi connectivity index (χ1v) is 11.5. The number of methoxy groups -OCH3 is 1. The Morgan fingerprint density at radius 3 is 2.70 bits per heavy atom. The zero-order valence-corrected chi connectivity index (χ0v) is 19.6. The van der Waals surface area contributed by atoms with Crippen LogP contribution in [0.5, 0.6) is 11.5 Å². The highest BCUT2D eigenvalue weighted by Crippen LogP contribution is 2.44. The SMILES string of the molecule is CCOc1ccc(C2c3c(oc4ccc(Cl)cc4c3=O)C(=O)N2c2nc(C)cs2)cc1OC. The molecule has 1 aliphatic heterocycles. The van der Waals surface area contributed by atoms with Crippen molar-refractivity contribution in [2.75, 3.05) is 18.6 Å². The lowest BCUT2D eigenvalue weighted by Crippen LogP contribution is -2.29. The topological polar surface area (TPSA) is 81.9 Å². The zero-order chi connectivity index (χ0) is 23.3. The van der Waals surface area contributed by atoms with E-state index in [4.69, 9.17) is 25.5 Å². The predicted octanol–water partition coefficient (Wildman–Crippen LogP) is 5.37. The van der Waals surface area contributed by atoms with Gasteiger partial charge in [-0.3, -0.25) is 14.5 Å². The molecule has 9 heteroatoms. The van der Waals surface area contributed by atoms with Gasteiger partial charge in [0.2, 0.25) is 5.76 Å². The molecule has 3 heterocycles. The summed E-state index contributed by atoms with van der Waals surface area (Å²) >= 11 is 7.47. The minimum Gasteiger partial charge on any atom is -0.493 e. The van der Waals surface area contributed by atoms with E-state index in [9.17, 15) is 9.59 Å². The van der Waals surface area contributed by atoms with E-state index in [0.717, 1.165) is 5.69 Å². The van der Waals surface area contributed by atoms with Gasteiger partial charge in [0.1, 0.15) is 5.58 Å². The Balaban J connectivity index is 1.79. The van der Waals surface area contributed by atoms with Crippen molar-refractivity contribution >= 4 is 44.9 Å². The summed E-state index contributed by atoms with van der Waals surface area (Å²) in [7, 11) is 1.54. The quantitative estimate of drug-likeness (QED) is 0.380. The molecule has 0 saturated heterocycles. The van der Waals surface area contributed by atoms with Crippen molar-refractivity contribution in [2.24, 2.45) is 0 Å². The van der Waals surface area contributed by atoms with Crippen LogP contribution in [0.3, 0.4) is 0 Å². The van der Waals surface area contributed by atoms with Crippen LogP contribution in [0.25, 0.3) is 11.0 Å². The first-order chi connectivity index (χ1) is 15.9. The fourth-order valence-corrected chi connectivity index (χ4v) is 5.04. The Morgan fingerprint density at radius 2 is 2.00 bits per heavy atom. The molecule has 0 fully saturated rings. The van der Waals surface area contributed by atoms with Crippen molar-refractivity contribution in [3.05, 3.63) is 79.6 Å². The van der Waals surface area contributed by atoms with E-state index >= 15 is 0 Å². The maximum Gasteiger partial charge on any atom is 0.297 e. The third-order valence-electron chi connectivity index (χ3n) is 5.45. The van der Waals surface area contributed by atoms with Gasteiger partial charge >= 0.3 is 0 Å². The lowest BCUT2D eigenvalue weighted by atomic mass is 9.98. The minimum absolute atomic E-state index is 0.000488. The molecule has 0 saturated carbocycles. The third-order valence-corrected chi connectivity index (χ3v) is 6.64. The fourth-order valence-electron chi connectivity index (χ4n) is 4.04. The van der Waals surface area contributed by atoms with Gasteiger partial charge < -0.3 is 13.9 Å². The zero-order valence-electron chi connectivity index (χ0n) is 18.0. The maximum absolute atomic E-state index is 13.6. The minimum atomic E-state index is -0.748. The van der Waals surface area contributed by atoms with Gasteiger partial charge in [-0.2, -0.15) is 0 Å². The number of hydrogen-bond acceptors (Lipinski definition) is 7. The fraction of sp³-hybridized carbons (Fsp3) is 0.208. The van der Waals surface area contributed by atoms with Crippen molar-refractivity contribution in [3.8, 4) is 11.5 Å². The molecule has 5 rings (SSSR count). The monoisotopic (exact) mass is 482 g/mol. The molecule has 168 valence electrons. The van der Waals surface area contributed by atoms with Gasteiger partial charge in [-0.15, -0.1) is 11.3 Å². The Labute approximate surface area is 198 Å². The molecule has 0 radical (unpaired) electrons. The first-order valence-electron chi connectivity index (χ1n) is 10.3. The molecule has 7 nitrogen and oxygen atoms in total. The molecule has 33 heavy (non-hydrogen) atoms. The van der Waals surface area contributed by atoms with Gasteiger partial charge in [-0.25, -0.2) is 4.98 Å². The summed E-state index contributed by atoms with van der Waals surface area (Å²) in [6.07, 6.45) is 0. The Hall–Kier alpha value is -3.36. The van der Waals surface area contributed by atoms with Crippen molar-refractivity contribution in [1.82, 2.24) is 4.98 Å². The Kier molecular flexibility index (Phi) is 5.34. The van der Waals surface area contributed by atoms with Crippen molar-refractivity contribution in [3.63, 3.8) is 0 Å². The summed E-state index contributed by atoms with van der Waals surface area (Å²) in [4.78, 5) is 33.2. The first kappa shape index (κ1) is 21.5. The highest BCUT2D eigenvalue weighted by Gasteiger charge is 2.45. The number of hydrogen-bond donors (Lipinski definition) is 0. The number of aromatic nitrogens is 1. The van der Waals surface area contributed by atoms with Crippen molar-refractivity contribution < 1.29 is 18.7 Å². The second-order valence-corrected chi connectivity index (χ2v) is 8.78. The number of halogens is 1. The van der Waals surface area contributed by atoms with E-state index < -0.39 is 11.9 Å². The molecule has 0 spiro atoms. The van der Waals surface area contributed by atoms with Crippen LogP contribution >= 0.6 is 22.9 Å². The molecule has 0 N–H and O–H groups in total. The number of thiazole rings is 1. The molecule has 1 aliphatic rings. The second-order valence-electron chi connectivity index (χ2n) is 7.51. The number of anilines is 1. The van der Waals surface area contributed by atoms with Crippen molar-refractivity contribution in [2.45, 2.75) is 19.9 Å². The van der Waals surface area contributed by atoms with Crippen LogP contribution in [0.2, 0.25) is 5.02 Å². The van der Waals surface area contributed by atoms with Gasteiger partial charge in [0.05, 0.1) is 36.4 Å². The third kappa shape index (κ3) is 3.46. The number of carbonyl (C=O) groups excluding carboxylic acids is 1. The molecule has 2 aromatic heterocycles. The van der Waals surface area contributed by atoms with Gasteiger partial charge in [-0.05, 0) is 49.7 Å². The molecule has 4 aromatic rings. The normalized spacial score (nSPS) is 15.2. The van der Waals surface area contributed by atoms with Crippen LogP contribution in [0.1, 0.15) is 40.3 Å². The summed E-state index contributed by atoms with van der Waals surface area (Å²) in [5.74, 6) is 0.646. The summed E-state index contributed by atoms with van der Waals surface area (Å²) in [6.45, 7) is 4.21. The summed E-state index contributed by atoms with van der Waals surface area (Å²) in [5, 5.41) is 3.05. The number of rotatable bonds is 5. The molecule has 0 aliphatic carbocycles. The van der Waals surface area contributed by atoms with E-state index in [0.29, 0.717) is 44.8 Å². The van der Waals surface area contributed by atoms with E-state index in [-0.39, 0.29) is 16.8 Å². The number of ether oxygens (including phenoxy) is 2. The van der Waals surface area contributed by atoms with Gasteiger partial charge in [0.25, 0.3) is 5.91 Å². The average molecular weight is 483 g/mol. The Bertz CT molecular complexity index is 1460. The van der Waals surface area contributed by atoms with Crippen LogP contribution in [0.15, 0.2) is 51.0 Å². The van der Waals surface area contributed by atoms with E-state index in [1.165, 1.54) is 16.2 Å². The number of aryl methyl sites for hydroxylation is 1. The van der Waals surface area contributed by atoms with Crippen molar-refractivity contribution in [1.29, 1.82) is 0 Å². The highest BCUT2D eigenvalue weighted by molar-refractivity contribution is 7.14. The predicted molar refractivity (Wildman–Crippen MR) is 127 cm³/mol. The smallest absolute Gasteiger partial charge is 0.297 e. The van der Waals surface area contributed by atoms with E-state index in [2.05, 4.69) is 4.98 Å². The number of amides is 1. The van der Waals surface area contributed by atoms with Crippen LogP contribution in [-0.2, 0) is 0 Å². The molecule has 1 unspecified atom stereocenters. The number of benzene rings is 2. The second kappa shape index (κ2) is 8.20. The lowest BCUT2D eigenvalue weighted by Gasteiger charge is -2.23. The number of carbonyl (C=O) groups is 1. The molecule has 2 aromatic carbocycles. The van der Waals surface area contributed by atoms with Crippen LogP contribution < -0.4 is 19.8 Å². The molecule has 1 atom stereocenters. The van der Waals surface area contributed by atoms with Gasteiger partial charge in [0.15, 0.2) is 22.1 Å². The molecular weight excluding hydrogens is 464 g/mol. The molecule has 0 bridgehead atoms. The van der Waals surface area contributed by atoms with Crippen LogP contribution in [-0.4, -0.2) is 24.6 Å². The van der Waals surface area contributed by atoms with E-state index in [1.54, 1.807) is 37.4 Å². The van der Waals surface area contributed by atoms with Gasteiger partial charge in [-0.1, -0.05) is 17.7 Å². The van der Waals surface area contributed by atoms with E-state index in [1.807, 2.05) is 25.3 Å². The van der Waals surface area contributed by atoms with Gasteiger partial charge in [0, 0.05) is 10.4 Å². The van der Waals surface area contributed by atoms with Crippen LogP contribution in [0.4, 0.5) is 5.13 Å². The Morgan fingerprint density at radius 1 is 1.18 bits per heavy atom. The summed E-state index contributed by atoms with van der Waals surface area (Å²) < 4.78 is 17.1. The highest BCUT2D eigenvalue weighted by atomic mass is 35.5. The average Bonchev–Trinajstić information content (AvgIpc) is 3.36. The molecular formula is C24H19ClN2O5S. The summed E-state index contributed by atoms with van der Waals surface area (Å²) in [5.41, 5.74) is 1.68. The lowest BCUT2D eigenvalue weighted by molar-refractivity contribution is 0.0971. The largest absolute Gasteiger partial charge is 0.493 e. The number of fused-ring (bicyclic) bond motifs is 2. The standard InChI is InChI=1S/C24H19ClN2O5S/c1-4-31-17-7-5-13(9-18(17)30-3)20-19-21(28)15-10-14(25)6-8-16(15)32-22(19)23(29)27(20)24-26-12(2)11-33-24/h5-11,20H,4H2,1-3H3. The maximum atomic E-state index is 13.6. The number of nitrogens with zero attached hydrogens (tertiary/aromatic N) is 2. The molecule has 1 amide bonds. The van der Waals surface area contributed by atoms with Crippen LogP contribution in [0, 0.1) is 6.92 Å².